The molecule has 0 saturated heterocycles. The Hall–Kier alpha value is -1.66. The molecule has 1 aromatic rings. The van der Waals surface area contributed by atoms with Gasteiger partial charge in [-0.3, -0.25) is 9.59 Å². The van der Waals surface area contributed by atoms with Gasteiger partial charge in [0.1, 0.15) is 5.82 Å². The highest BCUT2D eigenvalue weighted by molar-refractivity contribution is 5.94. The van der Waals surface area contributed by atoms with E-state index in [1.165, 1.54) is 24.3 Å². The first kappa shape index (κ1) is 22.3. The first-order chi connectivity index (χ1) is 10.9. The predicted molar refractivity (Wildman–Crippen MR) is 95.7 cm³/mol. The highest BCUT2D eigenvalue weighted by Crippen LogP contribution is 2.09. The molecule has 0 heterocycles. The Kier molecular flexibility index (Phi) is 10.2. The Balaban J connectivity index is 0.00000529. The van der Waals surface area contributed by atoms with Crippen LogP contribution >= 0.6 is 12.4 Å². The van der Waals surface area contributed by atoms with Crippen molar-refractivity contribution in [3.63, 3.8) is 0 Å². The number of rotatable bonds is 9. The van der Waals surface area contributed by atoms with Gasteiger partial charge in [0.2, 0.25) is 5.91 Å². The van der Waals surface area contributed by atoms with E-state index >= 15 is 0 Å². The average molecular weight is 360 g/mol. The van der Waals surface area contributed by atoms with Crippen LogP contribution in [0.5, 0.6) is 0 Å². The molecule has 0 radical (unpaired) electrons. The van der Waals surface area contributed by atoms with Crippen molar-refractivity contribution in [3.8, 4) is 0 Å². The Morgan fingerprint density at radius 1 is 1.12 bits per heavy atom. The maximum Gasteiger partial charge on any atom is 0.251 e. The molecule has 0 saturated carbocycles. The minimum atomic E-state index is -0.381. The SMILES string of the molecule is CCC(N)(CC)CNC(=O)CCCNC(=O)c1ccc(F)cc1.Cl. The molecule has 0 unspecified atom stereocenters. The minimum Gasteiger partial charge on any atom is -0.354 e. The van der Waals surface area contributed by atoms with Gasteiger partial charge in [0.05, 0.1) is 0 Å². The zero-order valence-electron chi connectivity index (χ0n) is 14.2. The third-order valence-corrected chi connectivity index (χ3v) is 4.02. The maximum absolute atomic E-state index is 12.8. The number of halogens is 2. The zero-order chi connectivity index (χ0) is 17.3. The molecule has 1 rings (SSSR count). The van der Waals surface area contributed by atoms with Crippen molar-refractivity contribution >= 4 is 24.2 Å². The third kappa shape index (κ3) is 7.75. The summed E-state index contributed by atoms with van der Waals surface area (Å²) in [4.78, 5) is 23.5. The van der Waals surface area contributed by atoms with Crippen LogP contribution in [-0.4, -0.2) is 30.4 Å². The summed E-state index contributed by atoms with van der Waals surface area (Å²) in [6.07, 6.45) is 2.47. The maximum atomic E-state index is 12.8. The van der Waals surface area contributed by atoms with Crippen LogP contribution in [0.15, 0.2) is 24.3 Å². The molecule has 24 heavy (non-hydrogen) atoms. The smallest absolute Gasteiger partial charge is 0.251 e. The molecule has 0 atom stereocenters. The van der Waals surface area contributed by atoms with Gasteiger partial charge in [0, 0.05) is 30.6 Å². The van der Waals surface area contributed by atoms with Crippen LogP contribution in [0.1, 0.15) is 49.9 Å². The second-order valence-corrected chi connectivity index (χ2v) is 5.71. The summed E-state index contributed by atoms with van der Waals surface area (Å²) < 4.78 is 12.8. The number of carbonyl (C=O) groups is 2. The second kappa shape index (κ2) is 11.0. The molecule has 4 N–H and O–H groups in total. The standard InChI is InChI=1S/C17H26FN3O2.ClH/c1-3-17(19,4-2)12-21-15(22)6-5-11-20-16(23)13-7-9-14(18)10-8-13;/h7-10H,3-6,11-12,19H2,1-2H3,(H,20,23)(H,21,22);1H. The number of benzene rings is 1. The summed E-state index contributed by atoms with van der Waals surface area (Å²) in [6.45, 7) is 4.85. The number of hydrogen-bond donors (Lipinski definition) is 3. The van der Waals surface area contributed by atoms with Crippen molar-refractivity contribution in [1.29, 1.82) is 0 Å². The summed E-state index contributed by atoms with van der Waals surface area (Å²) in [6, 6.07) is 5.33. The highest BCUT2D eigenvalue weighted by atomic mass is 35.5. The lowest BCUT2D eigenvalue weighted by Crippen LogP contribution is -2.49. The fourth-order valence-electron chi connectivity index (χ4n) is 2.02. The third-order valence-electron chi connectivity index (χ3n) is 4.02. The fraction of sp³-hybridized carbons (Fsp3) is 0.529. The van der Waals surface area contributed by atoms with Crippen LogP contribution in [0.3, 0.4) is 0 Å². The second-order valence-electron chi connectivity index (χ2n) is 5.71. The van der Waals surface area contributed by atoms with Gasteiger partial charge in [-0.1, -0.05) is 13.8 Å². The van der Waals surface area contributed by atoms with Gasteiger partial charge in [-0.25, -0.2) is 4.39 Å². The fourth-order valence-corrected chi connectivity index (χ4v) is 2.02. The van der Waals surface area contributed by atoms with Gasteiger partial charge in [-0.05, 0) is 43.5 Å². The van der Waals surface area contributed by atoms with Crippen molar-refractivity contribution < 1.29 is 14.0 Å². The lowest BCUT2D eigenvalue weighted by Gasteiger charge is -2.26. The van der Waals surface area contributed by atoms with Crippen molar-refractivity contribution in [2.24, 2.45) is 5.73 Å². The Morgan fingerprint density at radius 3 is 2.25 bits per heavy atom. The van der Waals surface area contributed by atoms with E-state index < -0.39 is 0 Å². The lowest BCUT2D eigenvalue weighted by atomic mass is 9.94. The summed E-state index contributed by atoms with van der Waals surface area (Å²) in [7, 11) is 0. The van der Waals surface area contributed by atoms with E-state index in [0.29, 0.717) is 31.5 Å². The van der Waals surface area contributed by atoms with Gasteiger partial charge < -0.3 is 16.4 Å². The molecule has 0 aromatic heterocycles. The van der Waals surface area contributed by atoms with E-state index in [2.05, 4.69) is 10.6 Å². The molecule has 0 aliphatic carbocycles. The van der Waals surface area contributed by atoms with Gasteiger partial charge in [-0.2, -0.15) is 0 Å². The van der Waals surface area contributed by atoms with Crippen LogP contribution in [0.4, 0.5) is 4.39 Å². The van der Waals surface area contributed by atoms with Gasteiger partial charge in [0.25, 0.3) is 5.91 Å². The van der Waals surface area contributed by atoms with Crippen LogP contribution in [0.25, 0.3) is 0 Å². The molecule has 1 aromatic carbocycles. The zero-order valence-corrected chi connectivity index (χ0v) is 15.0. The number of amides is 2. The minimum absolute atomic E-state index is 0. The number of carbonyl (C=O) groups excluding carboxylic acids is 2. The van der Waals surface area contributed by atoms with Crippen LogP contribution in [0, 0.1) is 5.82 Å². The first-order valence-corrected chi connectivity index (χ1v) is 7.99. The van der Waals surface area contributed by atoms with Crippen molar-refractivity contribution in [2.75, 3.05) is 13.1 Å². The molecule has 5 nitrogen and oxygen atoms in total. The highest BCUT2D eigenvalue weighted by Gasteiger charge is 2.20. The van der Waals surface area contributed by atoms with Crippen molar-refractivity contribution in [1.82, 2.24) is 10.6 Å². The first-order valence-electron chi connectivity index (χ1n) is 7.99. The monoisotopic (exact) mass is 359 g/mol. The van der Waals surface area contributed by atoms with Gasteiger partial charge in [0.15, 0.2) is 0 Å². The van der Waals surface area contributed by atoms with E-state index in [1.807, 2.05) is 13.8 Å². The molecule has 0 aliphatic rings. The van der Waals surface area contributed by atoms with Crippen LogP contribution in [0.2, 0.25) is 0 Å². The molecule has 0 fully saturated rings. The normalized spacial score (nSPS) is 10.7. The largest absolute Gasteiger partial charge is 0.354 e. The molecule has 136 valence electrons. The van der Waals surface area contributed by atoms with Crippen molar-refractivity contribution in [3.05, 3.63) is 35.6 Å². The van der Waals surface area contributed by atoms with Crippen molar-refractivity contribution in [2.45, 2.75) is 45.1 Å². The van der Waals surface area contributed by atoms with E-state index in [4.69, 9.17) is 5.73 Å². The molecule has 0 bridgehead atoms. The number of nitrogens with two attached hydrogens (primary N) is 1. The molecule has 0 aliphatic heterocycles. The molecular weight excluding hydrogens is 333 g/mol. The number of hydrogen-bond acceptors (Lipinski definition) is 3. The van der Waals surface area contributed by atoms with E-state index in [9.17, 15) is 14.0 Å². The van der Waals surface area contributed by atoms with Crippen LogP contribution in [-0.2, 0) is 4.79 Å². The lowest BCUT2D eigenvalue weighted by molar-refractivity contribution is -0.121. The van der Waals surface area contributed by atoms with E-state index in [-0.39, 0.29) is 35.6 Å². The Morgan fingerprint density at radius 2 is 1.71 bits per heavy atom. The van der Waals surface area contributed by atoms with Gasteiger partial charge >= 0.3 is 0 Å². The van der Waals surface area contributed by atoms with Crippen LogP contribution < -0.4 is 16.4 Å². The predicted octanol–water partition coefficient (Wildman–Crippen LogP) is 2.39. The molecule has 2 amide bonds. The molecule has 7 heteroatoms. The van der Waals surface area contributed by atoms with Gasteiger partial charge in [-0.15, -0.1) is 12.4 Å². The Labute approximate surface area is 149 Å². The summed E-state index contributed by atoms with van der Waals surface area (Å²) in [5.74, 6) is -0.727. The van der Waals surface area contributed by atoms with E-state index in [0.717, 1.165) is 12.8 Å². The number of nitrogens with one attached hydrogen (secondary N) is 2. The molecular formula is C17H27ClFN3O2. The summed E-state index contributed by atoms with van der Waals surface area (Å²) in [5, 5.41) is 5.54. The topological polar surface area (TPSA) is 84.2 Å². The van der Waals surface area contributed by atoms with E-state index in [1.54, 1.807) is 0 Å². The summed E-state index contributed by atoms with van der Waals surface area (Å²) in [5.41, 5.74) is 6.16. The Bertz CT molecular complexity index is 519. The summed E-state index contributed by atoms with van der Waals surface area (Å²) >= 11 is 0. The molecule has 0 spiro atoms. The average Bonchev–Trinajstić information content (AvgIpc) is 2.57. The quantitative estimate of drug-likeness (QED) is 0.592.